The van der Waals surface area contributed by atoms with Gasteiger partial charge in [-0.25, -0.2) is 0 Å². The van der Waals surface area contributed by atoms with Crippen molar-refractivity contribution >= 4 is 30.3 Å². The van der Waals surface area contributed by atoms with Crippen LogP contribution in [-0.2, 0) is 27.2 Å². The number of carbonyl (C=O) groups is 3. The second kappa shape index (κ2) is 10.9. The normalized spacial score (nSPS) is 20.8. The molecular weight excluding hydrogens is 481 g/mol. The van der Waals surface area contributed by atoms with Crippen molar-refractivity contribution < 1.29 is 24.4 Å². The van der Waals surface area contributed by atoms with Crippen LogP contribution >= 0.6 is 0 Å². The third-order valence-electron chi connectivity index (χ3n) is 7.25. The summed E-state index contributed by atoms with van der Waals surface area (Å²) in [5.74, 6) is -1.02. The lowest BCUT2D eigenvalue weighted by atomic mass is 9.78. The zero-order valence-electron chi connectivity index (χ0n) is 22.8. The highest BCUT2D eigenvalue weighted by Crippen LogP contribution is 2.35. The van der Waals surface area contributed by atoms with Crippen molar-refractivity contribution in [3.63, 3.8) is 0 Å². The highest BCUT2D eigenvalue weighted by atomic mass is 16.4. The van der Waals surface area contributed by atoms with E-state index in [1.54, 1.807) is 18.2 Å². The molecule has 2 aromatic rings. The summed E-state index contributed by atoms with van der Waals surface area (Å²) in [6.07, 6.45) is 1.72. The number of hydrogen-bond acceptors (Lipinski definition) is 5. The van der Waals surface area contributed by atoms with Crippen LogP contribution in [-0.4, -0.2) is 57.4 Å². The van der Waals surface area contributed by atoms with Gasteiger partial charge in [-0.2, -0.15) is 0 Å². The van der Waals surface area contributed by atoms with Crippen LogP contribution < -0.4 is 16.1 Å². The van der Waals surface area contributed by atoms with Gasteiger partial charge in [0.05, 0.1) is 0 Å². The van der Waals surface area contributed by atoms with E-state index in [0.29, 0.717) is 24.8 Å². The first kappa shape index (κ1) is 27.9. The Labute approximate surface area is 225 Å². The van der Waals surface area contributed by atoms with E-state index in [4.69, 9.17) is 0 Å². The van der Waals surface area contributed by atoms with Gasteiger partial charge in [-0.1, -0.05) is 62.4 Å². The molecule has 0 spiro atoms. The summed E-state index contributed by atoms with van der Waals surface area (Å²) in [6, 6.07) is 11.7. The topological polar surface area (TPSA) is 119 Å². The summed E-state index contributed by atoms with van der Waals surface area (Å²) < 4.78 is 0. The zero-order chi connectivity index (χ0) is 27.8. The summed E-state index contributed by atoms with van der Waals surface area (Å²) in [4.78, 5) is 43.3. The Bertz CT molecular complexity index is 1180. The average molecular weight is 519 g/mol. The molecule has 1 aliphatic heterocycles. The first-order chi connectivity index (χ1) is 17.9. The first-order valence-electron chi connectivity index (χ1n) is 13.3. The predicted octanol–water partition coefficient (Wildman–Crippen LogP) is 1.48. The molecule has 202 valence electrons. The van der Waals surface area contributed by atoms with Crippen molar-refractivity contribution in [2.75, 3.05) is 0 Å². The Morgan fingerprint density at radius 1 is 1.08 bits per heavy atom. The Hall–Kier alpha value is -3.17. The lowest BCUT2D eigenvalue weighted by Crippen LogP contribution is -2.67. The molecular formula is C29H38BN3O5. The molecule has 1 aliphatic carbocycles. The van der Waals surface area contributed by atoms with Crippen molar-refractivity contribution in [3.05, 3.63) is 65.2 Å². The minimum absolute atomic E-state index is 0.0882. The number of piperazine rings is 1. The highest BCUT2D eigenvalue weighted by molar-refractivity contribution is 6.58. The third kappa shape index (κ3) is 5.94. The Morgan fingerprint density at radius 3 is 2.26 bits per heavy atom. The maximum atomic E-state index is 14.3. The van der Waals surface area contributed by atoms with Gasteiger partial charge in [-0.15, -0.1) is 0 Å². The molecule has 0 bridgehead atoms. The van der Waals surface area contributed by atoms with E-state index in [2.05, 4.69) is 22.8 Å². The van der Waals surface area contributed by atoms with Crippen LogP contribution in [0.5, 0.6) is 0 Å². The van der Waals surface area contributed by atoms with Gasteiger partial charge in [0.1, 0.15) is 18.1 Å². The summed E-state index contributed by atoms with van der Waals surface area (Å²) in [7, 11) is -1.74. The number of nitrogens with one attached hydrogen (secondary N) is 2. The van der Waals surface area contributed by atoms with Crippen LogP contribution in [0.25, 0.3) is 0 Å². The molecule has 1 heterocycles. The van der Waals surface area contributed by atoms with E-state index in [1.807, 2.05) is 46.8 Å². The number of nitrogens with zero attached hydrogens (tertiary/aromatic N) is 1. The summed E-state index contributed by atoms with van der Waals surface area (Å²) in [5, 5.41) is 25.6. The second-order valence-electron chi connectivity index (χ2n) is 12.0. The highest BCUT2D eigenvalue weighted by Gasteiger charge is 2.49. The molecule has 8 nitrogen and oxygen atoms in total. The molecule has 2 aliphatic rings. The Kier molecular flexibility index (Phi) is 8.00. The Balaban J connectivity index is 1.79. The van der Waals surface area contributed by atoms with Crippen molar-refractivity contribution in [1.29, 1.82) is 0 Å². The minimum atomic E-state index is -1.74. The van der Waals surface area contributed by atoms with Crippen molar-refractivity contribution in [3.8, 4) is 0 Å². The number of hydrogen-bond donors (Lipinski definition) is 4. The van der Waals surface area contributed by atoms with E-state index < -0.39 is 36.7 Å². The fraction of sp³-hybridized carbons (Fsp3) is 0.483. The fourth-order valence-electron chi connectivity index (χ4n) is 5.64. The fourth-order valence-corrected chi connectivity index (χ4v) is 5.64. The lowest BCUT2D eigenvalue weighted by Gasteiger charge is -2.45. The molecule has 4 N–H and O–H groups in total. The second-order valence-corrected chi connectivity index (χ2v) is 12.0. The monoisotopic (exact) mass is 519 g/mol. The number of amides is 3. The van der Waals surface area contributed by atoms with Crippen LogP contribution in [0.15, 0.2) is 48.5 Å². The summed E-state index contributed by atoms with van der Waals surface area (Å²) in [5.41, 5.74) is 2.37. The van der Waals surface area contributed by atoms with Gasteiger partial charge < -0.3 is 25.6 Å². The van der Waals surface area contributed by atoms with Crippen LogP contribution in [0.2, 0.25) is 0 Å². The quantitative estimate of drug-likeness (QED) is 0.414. The smallest absolute Gasteiger partial charge is 0.423 e. The van der Waals surface area contributed by atoms with Gasteiger partial charge in [0.15, 0.2) is 0 Å². The number of rotatable bonds is 7. The van der Waals surface area contributed by atoms with E-state index in [-0.39, 0.29) is 29.1 Å². The van der Waals surface area contributed by atoms with Gasteiger partial charge in [0, 0.05) is 5.54 Å². The van der Waals surface area contributed by atoms with Crippen LogP contribution in [0, 0.1) is 11.8 Å². The SMILES string of the molecule is CC(C)C[C@@H]1C(=O)N[C@H](C2Cc3ccccc3C2)C(=O)N1C(C(=O)NC(C)(C)C)c1cccc(B(O)O)c1. The van der Waals surface area contributed by atoms with E-state index in [0.717, 1.165) is 0 Å². The van der Waals surface area contributed by atoms with Crippen LogP contribution in [0.3, 0.4) is 0 Å². The molecule has 3 amide bonds. The number of carbonyl (C=O) groups excluding carboxylic acids is 3. The third-order valence-corrected chi connectivity index (χ3v) is 7.25. The first-order valence-corrected chi connectivity index (χ1v) is 13.3. The lowest BCUT2D eigenvalue weighted by molar-refractivity contribution is -0.158. The summed E-state index contributed by atoms with van der Waals surface area (Å²) >= 11 is 0. The van der Waals surface area contributed by atoms with Gasteiger partial charge in [0.25, 0.3) is 0 Å². The number of benzene rings is 2. The maximum absolute atomic E-state index is 14.3. The molecule has 4 rings (SSSR count). The molecule has 38 heavy (non-hydrogen) atoms. The zero-order valence-corrected chi connectivity index (χ0v) is 22.8. The van der Waals surface area contributed by atoms with Gasteiger partial charge in [-0.05, 0) is 74.0 Å². The average Bonchev–Trinajstić information content (AvgIpc) is 3.26. The minimum Gasteiger partial charge on any atom is -0.423 e. The van der Waals surface area contributed by atoms with E-state index in [1.165, 1.54) is 22.1 Å². The largest absolute Gasteiger partial charge is 0.488 e. The molecule has 1 fully saturated rings. The van der Waals surface area contributed by atoms with Gasteiger partial charge >= 0.3 is 7.12 Å². The maximum Gasteiger partial charge on any atom is 0.488 e. The molecule has 0 radical (unpaired) electrons. The molecule has 2 aromatic carbocycles. The van der Waals surface area contributed by atoms with Gasteiger partial charge in [0.2, 0.25) is 17.7 Å². The van der Waals surface area contributed by atoms with Crippen molar-refractivity contribution in [1.82, 2.24) is 15.5 Å². The summed E-state index contributed by atoms with van der Waals surface area (Å²) in [6.45, 7) is 9.51. The number of fused-ring (bicyclic) bond motifs is 1. The molecule has 0 aromatic heterocycles. The Morgan fingerprint density at radius 2 is 1.71 bits per heavy atom. The molecule has 9 heteroatoms. The predicted molar refractivity (Wildman–Crippen MR) is 146 cm³/mol. The molecule has 0 saturated carbocycles. The van der Waals surface area contributed by atoms with E-state index >= 15 is 0 Å². The molecule has 1 unspecified atom stereocenters. The van der Waals surface area contributed by atoms with Crippen molar-refractivity contribution in [2.45, 2.75) is 77.5 Å². The van der Waals surface area contributed by atoms with E-state index in [9.17, 15) is 24.4 Å². The molecule has 1 saturated heterocycles. The van der Waals surface area contributed by atoms with Crippen LogP contribution in [0.1, 0.15) is 63.8 Å². The van der Waals surface area contributed by atoms with Crippen molar-refractivity contribution in [2.24, 2.45) is 11.8 Å². The molecule has 3 atom stereocenters. The van der Waals surface area contributed by atoms with Gasteiger partial charge in [-0.3, -0.25) is 14.4 Å². The van der Waals surface area contributed by atoms with Crippen LogP contribution in [0.4, 0.5) is 0 Å². The standard InChI is InChI=1S/C29H38BN3O5/c1-17(2)13-23-26(34)31-24(21-14-18-9-6-7-10-19(18)15-21)28(36)33(23)25(27(35)32-29(3,4)5)20-11-8-12-22(16-20)30(37)38/h6-12,16-17,21,23-25,37-38H,13-15H2,1-5H3,(H,31,34)(H,32,35)/t23-,24-,25?/m1/s1.